The van der Waals surface area contributed by atoms with E-state index in [2.05, 4.69) is 19.9 Å². The number of benzene rings is 2. The highest BCUT2D eigenvalue weighted by Crippen LogP contribution is 2.33. The molecule has 172 valence electrons. The topological polar surface area (TPSA) is 72.5 Å². The molecule has 7 nitrogen and oxygen atoms in total. The Bertz CT molecular complexity index is 1280. The van der Waals surface area contributed by atoms with Gasteiger partial charge in [-0.25, -0.2) is 9.37 Å². The van der Waals surface area contributed by atoms with Crippen LogP contribution in [-0.4, -0.2) is 53.2 Å². The number of aromatic nitrogens is 3. The molecule has 1 saturated heterocycles. The Kier molecular flexibility index (Phi) is 6.00. The van der Waals surface area contributed by atoms with Gasteiger partial charge in [0.05, 0.1) is 19.2 Å². The summed E-state index contributed by atoms with van der Waals surface area (Å²) in [6, 6.07) is 8.82. The molecule has 1 fully saturated rings. The third-order valence-electron chi connectivity index (χ3n) is 5.96. The van der Waals surface area contributed by atoms with Crippen LogP contribution in [0, 0.1) is 12.7 Å². The van der Waals surface area contributed by atoms with Crippen molar-refractivity contribution in [2.24, 2.45) is 0 Å². The van der Waals surface area contributed by atoms with Crippen molar-refractivity contribution < 1.29 is 18.6 Å². The number of fused-ring (bicyclic) bond motifs is 2. The fourth-order valence-electron chi connectivity index (χ4n) is 4.29. The van der Waals surface area contributed by atoms with Crippen molar-refractivity contribution in [2.45, 2.75) is 26.2 Å². The Morgan fingerprint density at radius 1 is 1.09 bits per heavy atom. The molecule has 0 aliphatic carbocycles. The second-order valence-electron chi connectivity index (χ2n) is 8.36. The quantitative estimate of drug-likeness (QED) is 0.371. The molecule has 0 bridgehead atoms. The summed E-state index contributed by atoms with van der Waals surface area (Å²) < 4.78 is 32.1. The maximum Gasteiger partial charge on any atom is 0.322 e. The van der Waals surface area contributed by atoms with Gasteiger partial charge in [0.15, 0.2) is 23.1 Å². The van der Waals surface area contributed by atoms with Crippen molar-refractivity contribution >= 4 is 21.8 Å². The number of nitrogens with zero attached hydrogens (tertiary/aromatic N) is 3. The average Bonchev–Trinajstić information content (AvgIpc) is 3.47. The lowest BCUT2D eigenvalue weighted by Crippen LogP contribution is -2.21. The van der Waals surface area contributed by atoms with Gasteiger partial charge in [-0.15, -0.1) is 0 Å². The second-order valence-corrected chi connectivity index (χ2v) is 8.36. The molecule has 0 amide bonds. The normalized spacial score (nSPS) is 14.3. The van der Waals surface area contributed by atoms with E-state index in [9.17, 15) is 4.39 Å². The number of halogens is 1. The Labute approximate surface area is 191 Å². The molecular weight excluding hydrogens is 423 g/mol. The summed E-state index contributed by atoms with van der Waals surface area (Å²) in [7, 11) is 1.61. The maximum atomic E-state index is 14.9. The van der Waals surface area contributed by atoms with Gasteiger partial charge in [-0.3, -0.25) is 0 Å². The molecule has 1 aliphatic heterocycles. The Balaban J connectivity index is 1.34. The summed E-state index contributed by atoms with van der Waals surface area (Å²) in [4.78, 5) is 14.3. The fourth-order valence-corrected chi connectivity index (χ4v) is 4.29. The zero-order valence-corrected chi connectivity index (χ0v) is 18.9. The van der Waals surface area contributed by atoms with Crippen LogP contribution in [0.25, 0.3) is 21.8 Å². The van der Waals surface area contributed by atoms with E-state index in [1.165, 1.54) is 25.9 Å². The second kappa shape index (κ2) is 9.23. The number of aromatic amines is 1. The van der Waals surface area contributed by atoms with Crippen molar-refractivity contribution in [3.8, 4) is 23.3 Å². The van der Waals surface area contributed by atoms with Gasteiger partial charge in [0.25, 0.3) is 0 Å². The van der Waals surface area contributed by atoms with Crippen LogP contribution >= 0.6 is 0 Å². The van der Waals surface area contributed by atoms with E-state index in [0.717, 1.165) is 29.6 Å². The van der Waals surface area contributed by atoms with Crippen LogP contribution in [0.5, 0.6) is 23.3 Å². The third kappa shape index (κ3) is 4.57. The molecular formula is C25H27FN4O3. The van der Waals surface area contributed by atoms with Crippen LogP contribution in [0.2, 0.25) is 0 Å². The lowest BCUT2D eigenvalue weighted by atomic mass is 10.2. The molecule has 4 aromatic rings. The van der Waals surface area contributed by atoms with Crippen molar-refractivity contribution in [1.82, 2.24) is 19.9 Å². The van der Waals surface area contributed by atoms with Crippen LogP contribution in [0.3, 0.4) is 0 Å². The number of likely N-dealkylation sites (tertiary alicyclic amines) is 1. The van der Waals surface area contributed by atoms with Gasteiger partial charge in [0, 0.05) is 40.8 Å². The van der Waals surface area contributed by atoms with Crippen LogP contribution in [-0.2, 0) is 0 Å². The number of aryl methyl sites for hydroxylation is 1. The summed E-state index contributed by atoms with van der Waals surface area (Å²) in [6.07, 6.45) is 5.14. The predicted molar refractivity (Wildman–Crippen MR) is 125 cm³/mol. The van der Waals surface area contributed by atoms with Gasteiger partial charge < -0.3 is 24.1 Å². The van der Waals surface area contributed by atoms with E-state index >= 15 is 0 Å². The number of hydrogen-bond donors (Lipinski definition) is 1. The lowest BCUT2D eigenvalue weighted by molar-refractivity contribution is 0.254. The lowest BCUT2D eigenvalue weighted by Gasteiger charge is -2.15. The number of rotatable bonds is 8. The van der Waals surface area contributed by atoms with E-state index in [1.54, 1.807) is 31.5 Å². The van der Waals surface area contributed by atoms with Gasteiger partial charge in [-0.05, 0) is 63.5 Å². The van der Waals surface area contributed by atoms with Crippen LogP contribution in [0.1, 0.15) is 25.0 Å². The van der Waals surface area contributed by atoms with E-state index in [4.69, 9.17) is 14.2 Å². The fraction of sp³-hybridized carbons (Fsp3) is 0.360. The molecule has 8 heteroatoms. The predicted octanol–water partition coefficient (Wildman–Crippen LogP) is 5.22. The Morgan fingerprint density at radius 3 is 2.76 bits per heavy atom. The van der Waals surface area contributed by atoms with Gasteiger partial charge in [0.1, 0.15) is 0 Å². The number of hydrogen-bond acceptors (Lipinski definition) is 6. The van der Waals surface area contributed by atoms with E-state index in [-0.39, 0.29) is 11.8 Å². The van der Waals surface area contributed by atoms with E-state index in [0.29, 0.717) is 29.0 Å². The maximum absolute atomic E-state index is 14.9. The third-order valence-corrected chi connectivity index (χ3v) is 5.96. The Morgan fingerprint density at radius 2 is 1.94 bits per heavy atom. The van der Waals surface area contributed by atoms with Crippen LogP contribution in [0.4, 0.5) is 4.39 Å². The van der Waals surface area contributed by atoms with E-state index < -0.39 is 5.82 Å². The minimum absolute atomic E-state index is 0.0677. The first-order valence-electron chi connectivity index (χ1n) is 11.3. The van der Waals surface area contributed by atoms with Crippen molar-refractivity contribution in [3.05, 3.63) is 48.0 Å². The SMILES string of the molecule is COc1cc2cnc(Oc3ccc4[nH]c(C)cc4c3F)nc2cc1OCCCN1CCCC1. The summed E-state index contributed by atoms with van der Waals surface area (Å²) in [5, 5.41) is 1.25. The number of methoxy groups -OCH3 is 1. The largest absolute Gasteiger partial charge is 0.493 e. The minimum Gasteiger partial charge on any atom is -0.493 e. The number of ether oxygens (including phenoxy) is 3. The first-order chi connectivity index (χ1) is 16.1. The van der Waals surface area contributed by atoms with Crippen molar-refractivity contribution in [3.63, 3.8) is 0 Å². The van der Waals surface area contributed by atoms with Gasteiger partial charge in [-0.1, -0.05) is 0 Å². The molecule has 33 heavy (non-hydrogen) atoms. The minimum atomic E-state index is -0.447. The highest BCUT2D eigenvalue weighted by molar-refractivity contribution is 5.83. The van der Waals surface area contributed by atoms with Crippen molar-refractivity contribution in [2.75, 3.05) is 33.4 Å². The smallest absolute Gasteiger partial charge is 0.322 e. The summed E-state index contributed by atoms with van der Waals surface area (Å²) in [6.45, 7) is 5.86. The van der Waals surface area contributed by atoms with Crippen molar-refractivity contribution in [1.29, 1.82) is 0 Å². The molecule has 0 saturated carbocycles. The molecule has 0 spiro atoms. The monoisotopic (exact) mass is 450 g/mol. The Hall–Kier alpha value is -3.39. The molecule has 2 aromatic carbocycles. The molecule has 0 radical (unpaired) electrons. The molecule has 0 unspecified atom stereocenters. The molecule has 3 heterocycles. The highest BCUT2D eigenvalue weighted by atomic mass is 19.1. The van der Waals surface area contributed by atoms with Gasteiger partial charge in [-0.2, -0.15) is 4.98 Å². The number of nitrogens with one attached hydrogen (secondary N) is 1. The van der Waals surface area contributed by atoms with E-state index in [1.807, 2.05) is 19.1 Å². The van der Waals surface area contributed by atoms with Crippen LogP contribution < -0.4 is 14.2 Å². The van der Waals surface area contributed by atoms with Crippen LogP contribution in [0.15, 0.2) is 36.5 Å². The first kappa shape index (κ1) is 21.5. The zero-order valence-electron chi connectivity index (χ0n) is 18.9. The summed E-state index contributed by atoms with van der Waals surface area (Å²) >= 11 is 0. The highest BCUT2D eigenvalue weighted by Gasteiger charge is 2.15. The average molecular weight is 451 g/mol. The molecule has 5 rings (SSSR count). The first-order valence-corrected chi connectivity index (χ1v) is 11.3. The molecule has 1 N–H and O–H groups in total. The standard InChI is InChI=1S/C25H27FN4O3/c1-16-12-18-19(28-16)6-7-21(24(18)26)33-25-27-15-17-13-22(31-2)23(14-20(17)29-25)32-11-5-10-30-8-3-4-9-30/h6-7,12-15,28H,3-5,8-11H2,1-2H3. The zero-order chi connectivity index (χ0) is 22.8. The van der Waals surface area contributed by atoms with Gasteiger partial charge >= 0.3 is 6.01 Å². The van der Waals surface area contributed by atoms with Gasteiger partial charge in [0.2, 0.25) is 0 Å². The molecule has 1 aliphatic rings. The molecule has 2 aromatic heterocycles. The summed E-state index contributed by atoms with van der Waals surface area (Å²) in [5.74, 6) is 0.872. The molecule has 0 atom stereocenters. The number of H-pyrrole nitrogens is 1. The summed E-state index contributed by atoms with van der Waals surface area (Å²) in [5.41, 5.74) is 2.23.